The van der Waals surface area contributed by atoms with Crippen molar-refractivity contribution in [3.8, 4) is 0 Å². The van der Waals surface area contributed by atoms with Crippen molar-refractivity contribution in [1.29, 1.82) is 0 Å². The molecule has 0 aliphatic carbocycles. The van der Waals surface area contributed by atoms with Gasteiger partial charge in [-0.3, -0.25) is 14.4 Å². The molecular formula is C24H42N6O5. The Hall–Kier alpha value is -2.95. The van der Waals surface area contributed by atoms with Crippen molar-refractivity contribution in [2.75, 3.05) is 0 Å². The van der Waals surface area contributed by atoms with Crippen LogP contribution in [0.25, 0.3) is 0 Å². The maximum absolute atomic E-state index is 13.2. The molecule has 35 heavy (non-hydrogen) atoms. The third kappa shape index (κ3) is 10.5. The highest BCUT2D eigenvalue weighted by Crippen LogP contribution is 2.11. The molecule has 1 heterocycles. The first-order valence-corrected chi connectivity index (χ1v) is 12.2. The van der Waals surface area contributed by atoms with Gasteiger partial charge in [0.05, 0.1) is 12.4 Å². The van der Waals surface area contributed by atoms with Gasteiger partial charge in [0.1, 0.15) is 18.1 Å². The van der Waals surface area contributed by atoms with Crippen LogP contribution in [-0.4, -0.2) is 62.9 Å². The molecule has 11 heteroatoms. The van der Waals surface area contributed by atoms with E-state index in [0.29, 0.717) is 18.5 Å². The fraction of sp³-hybridized carbons (Fsp3) is 0.708. The van der Waals surface area contributed by atoms with E-state index in [4.69, 9.17) is 5.73 Å². The summed E-state index contributed by atoms with van der Waals surface area (Å²) in [6.45, 7) is 11.3. The number of imidazole rings is 1. The molecule has 1 aromatic rings. The smallest absolute Gasteiger partial charge is 0.326 e. The normalized spacial score (nSPS) is 15.7. The summed E-state index contributed by atoms with van der Waals surface area (Å²) in [5.74, 6) is -2.71. The van der Waals surface area contributed by atoms with E-state index in [2.05, 4.69) is 25.9 Å². The van der Waals surface area contributed by atoms with Crippen LogP contribution in [0, 0.1) is 17.8 Å². The van der Waals surface area contributed by atoms with Gasteiger partial charge in [-0.05, 0) is 30.6 Å². The minimum Gasteiger partial charge on any atom is -0.480 e. The Morgan fingerprint density at radius 2 is 1.43 bits per heavy atom. The fourth-order valence-corrected chi connectivity index (χ4v) is 3.55. The molecule has 0 saturated heterocycles. The first kappa shape index (κ1) is 30.1. The molecule has 198 valence electrons. The van der Waals surface area contributed by atoms with E-state index in [1.807, 2.05) is 41.5 Å². The van der Waals surface area contributed by atoms with Gasteiger partial charge in [0.25, 0.3) is 0 Å². The van der Waals surface area contributed by atoms with Crippen LogP contribution < -0.4 is 21.7 Å². The number of carbonyl (C=O) groups excluding carboxylic acids is 3. The van der Waals surface area contributed by atoms with Gasteiger partial charge in [0.15, 0.2) is 0 Å². The maximum Gasteiger partial charge on any atom is 0.326 e. The van der Waals surface area contributed by atoms with Crippen molar-refractivity contribution < 1.29 is 24.3 Å². The largest absolute Gasteiger partial charge is 0.480 e. The zero-order chi connectivity index (χ0) is 26.7. The third-order valence-corrected chi connectivity index (χ3v) is 5.83. The Labute approximate surface area is 207 Å². The van der Waals surface area contributed by atoms with Gasteiger partial charge in [0, 0.05) is 18.3 Å². The standard InChI is InChI=1S/C24H42N6O5/c1-7-15(6)20(25)23(33)29-17(8-13(2)3)21(31)28-18(10-16-11-26-12-27-16)22(32)30-19(24(34)35)9-14(4)5/h11-15,17-20H,7-10,25H2,1-6H3,(H,26,27)(H,28,31)(H,29,33)(H,30,32)(H,34,35). The van der Waals surface area contributed by atoms with E-state index in [1.165, 1.54) is 12.5 Å². The minimum absolute atomic E-state index is 0.0393. The predicted octanol–water partition coefficient (Wildman–Crippen LogP) is 0.957. The van der Waals surface area contributed by atoms with Crippen LogP contribution in [0.2, 0.25) is 0 Å². The second kappa shape index (κ2) is 14.4. The zero-order valence-electron chi connectivity index (χ0n) is 21.6. The van der Waals surface area contributed by atoms with E-state index >= 15 is 0 Å². The summed E-state index contributed by atoms with van der Waals surface area (Å²) < 4.78 is 0. The highest BCUT2D eigenvalue weighted by Gasteiger charge is 2.32. The van der Waals surface area contributed by atoms with Crippen molar-refractivity contribution in [3.05, 3.63) is 18.2 Å². The fourth-order valence-electron chi connectivity index (χ4n) is 3.55. The molecule has 0 fully saturated rings. The number of H-pyrrole nitrogens is 1. The molecule has 0 aliphatic heterocycles. The quantitative estimate of drug-likeness (QED) is 0.210. The van der Waals surface area contributed by atoms with Gasteiger partial charge in [-0.2, -0.15) is 0 Å². The average molecular weight is 495 g/mol. The summed E-state index contributed by atoms with van der Waals surface area (Å²) in [6.07, 6.45) is 4.33. The number of carboxylic acid groups (broad SMARTS) is 1. The van der Waals surface area contributed by atoms with Crippen molar-refractivity contribution in [2.24, 2.45) is 23.5 Å². The molecule has 0 saturated carbocycles. The van der Waals surface area contributed by atoms with Gasteiger partial charge in [-0.25, -0.2) is 9.78 Å². The van der Waals surface area contributed by atoms with Gasteiger partial charge >= 0.3 is 5.97 Å². The Morgan fingerprint density at radius 1 is 0.914 bits per heavy atom. The van der Waals surface area contributed by atoms with Gasteiger partial charge in [0.2, 0.25) is 17.7 Å². The summed E-state index contributed by atoms with van der Waals surface area (Å²) >= 11 is 0. The number of nitrogens with two attached hydrogens (primary N) is 1. The highest BCUT2D eigenvalue weighted by atomic mass is 16.4. The first-order chi connectivity index (χ1) is 16.3. The molecule has 0 aliphatic rings. The number of aromatic nitrogens is 2. The van der Waals surface area contributed by atoms with Crippen LogP contribution >= 0.6 is 0 Å². The van der Waals surface area contributed by atoms with Crippen molar-refractivity contribution >= 4 is 23.7 Å². The SMILES string of the molecule is CCC(C)C(N)C(=O)NC(CC(C)C)C(=O)NC(Cc1cnc[nH]1)C(=O)NC(CC(C)C)C(=O)O. The molecular weight excluding hydrogens is 452 g/mol. The number of rotatable bonds is 15. The summed E-state index contributed by atoms with van der Waals surface area (Å²) in [7, 11) is 0. The van der Waals surface area contributed by atoms with Gasteiger partial charge in [-0.1, -0.05) is 48.0 Å². The lowest BCUT2D eigenvalue weighted by molar-refractivity contribution is -0.142. The Morgan fingerprint density at radius 3 is 1.91 bits per heavy atom. The number of nitrogens with one attached hydrogen (secondary N) is 4. The molecule has 1 rings (SSSR count). The van der Waals surface area contributed by atoms with Crippen LogP contribution in [0.3, 0.4) is 0 Å². The van der Waals surface area contributed by atoms with Crippen molar-refractivity contribution in [1.82, 2.24) is 25.9 Å². The number of aromatic amines is 1. The third-order valence-electron chi connectivity index (χ3n) is 5.83. The Kier molecular flexibility index (Phi) is 12.4. The number of hydrogen-bond donors (Lipinski definition) is 6. The van der Waals surface area contributed by atoms with E-state index in [1.54, 1.807) is 0 Å². The lowest BCUT2D eigenvalue weighted by atomic mass is 9.97. The topological polar surface area (TPSA) is 179 Å². The number of carbonyl (C=O) groups is 4. The molecule has 7 N–H and O–H groups in total. The number of carboxylic acids is 1. The molecule has 5 atom stereocenters. The molecule has 0 aromatic carbocycles. The minimum atomic E-state index is -1.15. The van der Waals surface area contributed by atoms with Crippen LogP contribution in [0.4, 0.5) is 0 Å². The van der Waals surface area contributed by atoms with Crippen LogP contribution in [0.15, 0.2) is 12.5 Å². The lowest BCUT2D eigenvalue weighted by Gasteiger charge is -2.27. The maximum atomic E-state index is 13.2. The molecule has 3 amide bonds. The molecule has 0 radical (unpaired) electrons. The molecule has 1 aromatic heterocycles. The van der Waals surface area contributed by atoms with Crippen molar-refractivity contribution in [2.45, 2.75) is 91.4 Å². The number of amides is 3. The Balaban J connectivity index is 3.08. The summed E-state index contributed by atoms with van der Waals surface area (Å²) in [5.41, 5.74) is 6.63. The van der Waals surface area contributed by atoms with E-state index in [9.17, 15) is 24.3 Å². The average Bonchev–Trinajstić information content (AvgIpc) is 3.28. The van der Waals surface area contributed by atoms with Crippen LogP contribution in [0.1, 0.15) is 66.5 Å². The molecule has 0 spiro atoms. The van der Waals surface area contributed by atoms with E-state index < -0.39 is 47.9 Å². The Bertz CT molecular complexity index is 826. The van der Waals surface area contributed by atoms with Crippen LogP contribution in [-0.2, 0) is 25.6 Å². The van der Waals surface area contributed by atoms with Gasteiger partial charge < -0.3 is 31.8 Å². The summed E-state index contributed by atoms with van der Waals surface area (Å²) in [4.78, 5) is 57.4. The second-order valence-corrected chi connectivity index (χ2v) is 9.97. The monoisotopic (exact) mass is 494 g/mol. The summed E-state index contributed by atoms with van der Waals surface area (Å²) in [5, 5.41) is 17.5. The highest BCUT2D eigenvalue weighted by molar-refractivity contribution is 5.94. The molecule has 5 unspecified atom stereocenters. The predicted molar refractivity (Wildman–Crippen MR) is 132 cm³/mol. The lowest BCUT2D eigenvalue weighted by Crippen LogP contribution is -2.58. The van der Waals surface area contributed by atoms with Crippen molar-refractivity contribution in [3.63, 3.8) is 0 Å². The molecule has 11 nitrogen and oxygen atoms in total. The summed E-state index contributed by atoms with van der Waals surface area (Å²) in [6, 6.07) is -3.84. The first-order valence-electron chi connectivity index (χ1n) is 12.2. The zero-order valence-corrected chi connectivity index (χ0v) is 21.6. The second-order valence-electron chi connectivity index (χ2n) is 9.97. The molecule has 0 bridgehead atoms. The van der Waals surface area contributed by atoms with Gasteiger partial charge in [-0.15, -0.1) is 0 Å². The number of hydrogen-bond acceptors (Lipinski definition) is 6. The number of nitrogens with zero attached hydrogens (tertiary/aromatic N) is 1. The van der Waals surface area contributed by atoms with Crippen LogP contribution in [0.5, 0.6) is 0 Å². The number of aliphatic carboxylic acids is 1. The van der Waals surface area contributed by atoms with E-state index in [-0.39, 0.29) is 30.6 Å². The van der Waals surface area contributed by atoms with E-state index in [0.717, 1.165) is 0 Å².